The van der Waals surface area contributed by atoms with E-state index in [9.17, 15) is 9.59 Å². The first-order valence-corrected chi connectivity index (χ1v) is 8.71. The van der Waals surface area contributed by atoms with Gasteiger partial charge in [0.25, 0.3) is 0 Å². The normalized spacial score (nSPS) is 10.8. The number of hydrogen-bond acceptors (Lipinski definition) is 3. The first-order valence-electron chi connectivity index (χ1n) is 8.71. The quantitative estimate of drug-likeness (QED) is 0.590. The molecule has 1 amide bonds. The molecule has 1 heterocycles. The minimum absolute atomic E-state index is 0.102. The highest BCUT2D eigenvalue weighted by Gasteiger charge is 2.13. The summed E-state index contributed by atoms with van der Waals surface area (Å²) in [4.78, 5) is 24.6. The van der Waals surface area contributed by atoms with Gasteiger partial charge in [0.1, 0.15) is 6.54 Å². The fourth-order valence-corrected chi connectivity index (χ4v) is 3.11. The van der Waals surface area contributed by atoms with E-state index in [0.717, 1.165) is 16.8 Å². The Kier molecular flexibility index (Phi) is 4.58. The van der Waals surface area contributed by atoms with Gasteiger partial charge in [-0.3, -0.25) is 9.36 Å². The van der Waals surface area contributed by atoms with E-state index in [1.54, 1.807) is 24.3 Å². The van der Waals surface area contributed by atoms with E-state index in [2.05, 4.69) is 17.4 Å². The van der Waals surface area contributed by atoms with Gasteiger partial charge in [0.05, 0.1) is 5.52 Å². The zero-order valence-electron chi connectivity index (χ0n) is 14.6. The van der Waals surface area contributed by atoms with Gasteiger partial charge in [-0.15, -0.1) is 0 Å². The molecule has 0 aliphatic heterocycles. The Bertz CT molecular complexity index is 1140. The molecule has 0 spiro atoms. The Balaban J connectivity index is 1.55. The van der Waals surface area contributed by atoms with Crippen molar-refractivity contribution in [3.63, 3.8) is 0 Å². The largest absolute Gasteiger partial charge is 0.420 e. The van der Waals surface area contributed by atoms with Crippen molar-refractivity contribution in [2.75, 3.05) is 5.32 Å². The first-order chi connectivity index (χ1) is 13.2. The number of hydrogen-bond donors (Lipinski definition) is 1. The molecule has 0 saturated heterocycles. The van der Waals surface area contributed by atoms with E-state index < -0.39 is 5.76 Å². The third kappa shape index (κ3) is 3.67. The molecular weight excluding hydrogens is 340 g/mol. The van der Waals surface area contributed by atoms with Gasteiger partial charge in [-0.05, 0) is 35.7 Å². The summed E-state index contributed by atoms with van der Waals surface area (Å²) in [6, 6.07) is 24.8. The summed E-state index contributed by atoms with van der Waals surface area (Å²) < 4.78 is 6.52. The molecule has 0 saturated carbocycles. The highest BCUT2D eigenvalue weighted by molar-refractivity contribution is 5.92. The predicted octanol–water partition coefficient (Wildman–Crippen LogP) is 3.82. The number of benzene rings is 3. The third-order valence-electron chi connectivity index (χ3n) is 4.40. The summed E-state index contributed by atoms with van der Waals surface area (Å²) in [5.74, 6) is -0.812. The number of aromatic nitrogens is 1. The Labute approximate surface area is 155 Å². The van der Waals surface area contributed by atoms with Crippen LogP contribution in [0.1, 0.15) is 11.1 Å². The minimum Gasteiger partial charge on any atom is -0.408 e. The number of para-hydroxylation sites is 3. The van der Waals surface area contributed by atoms with E-state index in [1.807, 2.05) is 42.5 Å². The zero-order valence-corrected chi connectivity index (χ0v) is 14.6. The van der Waals surface area contributed by atoms with Gasteiger partial charge in [0.15, 0.2) is 5.58 Å². The van der Waals surface area contributed by atoms with Crippen LogP contribution < -0.4 is 11.1 Å². The Hall–Kier alpha value is -3.60. The lowest BCUT2D eigenvalue weighted by molar-refractivity contribution is -0.116. The molecule has 0 fully saturated rings. The number of anilines is 1. The second-order valence-electron chi connectivity index (χ2n) is 6.29. The van der Waals surface area contributed by atoms with E-state index in [0.29, 0.717) is 17.5 Å². The molecule has 4 aromatic rings. The summed E-state index contributed by atoms with van der Waals surface area (Å²) in [6.45, 7) is -0.102. The van der Waals surface area contributed by atoms with Crippen LogP contribution in [-0.4, -0.2) is 10.5 Å². The number of carbonyl (C=O) groups excluding carboxylic acids is 1. The molecule has 27 heavy (non-hydrogen) atoms. The van der Waals surface area contributed by atoms with Gasteiger partial charge in [0, 0.05) is 5.69 Å². The van der Waals surface area contributed by atoms with E-state index in [1.165, 1.54) is 4.57 Å². The molecule has 0 unspecified atom stereocenters. The lowest BCUT2D eigenvalue weighted by Gasteiger charge is -2.11. The molecule has 1 aromatic heterocycles. The van der Waals surface area contributed by atoms with Crippen LogP contribution in [0.3, 0.4) is 0 Å². The van der Waals surface area contributed by atoms with Crippen LogP contribution in [0.25, 0.3) is 11.1 Å². The number of fused-ring (bicyclic) bond motifs is 1. The number of carbonyl (C=O) groups is 1. The minimum atomic E-state index is -0.538. The fraction of sp³-hybridized carbons (Fsp3) is 0.0909. The van der Waals surface area contributed by atoms with E-state index >= 15 is 0 Å². The molecule has 0 bridgehead atoms. The van der Waals surface area contributed by atoms with Gasteiger partial charge < -0.3 is 9.73 Å². The second-order valence-corrected chi connectivity index (χ2v) is 6.29. The lowest BCUT2D eigenvalue weighted by atomic mass is 10.0. The molecular formula is C22H18N2O3. The molecule has 0 aliphatic carbocycles. The smallest absolute Gasteiger partial charge is 0.408 e. The van der Waals surface area contributed by atoms with E-state index in [-0.39, 0.29) is 12.5 Å². The molecule has 5 heteroatoms. The molecule has 0 radical (unpaired) electrons. The molecule has 0 atom stereocenters. The summed E-state index contributed by atoms with van der Waals surface area (Å²) >= 11 is 0. The number of nitrogens with one attached hydrogen (secondary N) is 1. The molecule has 5 nitrogen and oxygen atoms in total. The maximum Gasteiger partial charge on any atom is 0.420 e. The summed E-state index contributed by atoms with van der Waals surface area (Å²) in [6.07, 6.45) is 0.714. The Morgan fingerprint density at radius 3 is 2.44 bits per heavy atom. The highest BCUT2D eigenvalue weighted by Crippen LogP contribution is 2.19. The third-order valence-corrected chi connectivity index (χ3v) is 4.40. The number of oxazole rings is 1. The predicted molar refractivity (Wildman–Crippen MR) is 105 cm³/mol. The molecule has 3 aromatic carbocycles. The highest BCUT2D eigenvalue weighted by atomic mass is 16.4. The van der Waals surface area contributed by atoms with Gasteiger partial charge in [0.2, 0.25) is 5.91 Å². The monoisotopic (exact) mass is 358 g/mol. The molecule has 0 aliphatic rings. The van der Waals surface area contributed by atoms with Crippen molar-refractivity contribution in [3.8, 4) is 0 Å². The summed E-state index contributed by atoms with van der Waals surface area (Å²) in [5, 5.41) is 2.92. The van der Waals surface area contributed by atoms with Crippen LogP contribution in [0.2, 0.25) is 0 Å². The van der Waals surface area contributed by atoms with Crippen LogP contribution in [0.4, 0.5) is 5.69 Å². The van der Waals surface area contributed by atoms with Crippen molar-refractivity contribution < 1.29 is 9.21 Å². The van der Waals surface area contributed by atoms with Gasteiger partial charge in [-0.1, -0.05) is 60.7 Å². The fourth-order valence-electron chi connectivity index (χ4n) is 3.11. The van der Waals surface area contributed by atoms with E-state index in [4.69, 9.17) is 4.42 Å². The topological polar surface area (TPSA) is 64.2 Å². The van der Waals surface area contributed by atoms with Gasteiger partial charge >= 0.3 is 5.76 Å². The average Bonchev–Trinajstić information content (AvgIpc) is 2.99. The van der Waals surface area contributed by atoms with Crippen LogP contribution in [0.15, 0.2) is 88.1 Å². The summed E-state index contributed by atoms with van der Waals surface area (Å²) in [5.41, 5.74) is 4.00. The zero-order chi connectivity index (χ0) is 18.6. The van der Waals surface area contributed by atoms with Crippen LogP contribution >= 0.6 is 0 Å². The SMILES string of the molecule is O=C(Cn1c(=O)oc2ccccc21)Nc1ccccc1Cc1ccccc1. The van der Waals surface area contributed by atoms with Gasteiger partial charge in [-0.25, -0.2) is 4.79 Å². The van der Waals surface area contributed by atoms with Crippen molar-refractivity contribution in [1.29, 1.82) is 0 Å². The number of rotatable bonds is 5. The van der Waals surface area contributed by atoms with Crippen LogP contribution in [0.5, 0.6) is 0 Å². The maximum atomic E-state index is 12.6. The number of amides is 1. The Morgan fingerprint density at radius 2 is 1.59 bits per heavy atom. The van der Waals surface area contributed by atoms with Crippen molar-refractivity contribution in [2.24, 2.45) is 0 Å². The summed E-state index contributed by atoms with van der Waals surface area (Å²) in [7, 11) is 0. The standard InChI is InChI=1S/C22H18N2O3/c25-21(15-24-19-12-6-7-13-20(19)27-22(24)26)23-18-11-5-4-10-17(18)14-16-8-2-1-3-9-16/h1-13H,14-15H2,(H,23,25). The second kappa shape index (κ2) is 7.33. The van der Waals surface area contributed by atoms with Crippen LogP contribution in [0, 0.1) is 0 Å². The average molecular weight is 358 g/mol. The van der Waals surface area contributed by atoms with Crippen molar-refractivity contribution in [1.82, 2.24) is 4.57 Å². The number of nitrogens with zero attached hydrogens (tertiary/aromatic N) is 1. The van der Waals surface area contributed by atoms with Crippen molar-refractivity contribution >= 4 is 22.7 Å². The molecule has 134 valence electrons. The Morgan fingerprint density at radius 1 is 0.889 bits per heavy atom. The molecule has 1 N–H and O–H groups in total. The van der Waals surface area contributed by atoms with Crippen molar-refractivity contribution in [2.45, 2.75) is 13.0 Å². The molecule has 4 rings (SSSR count). The first kappa shape index (κ1) is 16.8. The maximum absolute atomic E-state index is 12.6. The van der Waals surface area contributed by atoms with Crippen molar-refractivity contribution in [3.05, 3.63) is 101 Å². The van der Waals surface area contributed by atoms with Crippen LogP contribution in [-0.2, 0) is 17.8 Å². The van der Waals surface area contributed by atoms with Gasteiger partial charge in [-0.2, -0.15) is 0 Å². The lowest BCUT2D eigenvalue weighted by Crippen LogP contribution is -2.25.